The molecule has 0 unspecified atom stereocenters. The first-order chi connectivity index (χ1) is 15.6. The van der Waals surface area contributed by atoms with Crippen LogP contribution in [0.5, 0.6) is 5.75 Å². The number of hydrogen-bond donors (Lipinski definition) is 0. The molecule has 0 aliphatic carbocycles. The molecule has 0 spiro atoms. The number of methoxy groups -OCH3 is 1. The lowest BCUT2D eigenvalue weighted by molar-refractivity contribution is -0.119. The van der Waals surface area contributed by atoms with Crippen molar-refractivity contribution in [3.63, 3.8) is 0 Å². The largest absolute Gasteiger partial charge is 0.496 e. The van der Waals surface area contributed by atoms with Crippen molar-refractivity contribution in [3.05, 3.63) is 58.6 Å². The second-order valence-corrected chi connectivity index (χ2v) is 9.55. The van der Waals surface area contributed by atoms with Gasteiger partial charge in [-0.1, -0.05) is 17.7 Å². The number of imide groups is 1. The Morgan fingerprint density at radius 3 is 2.59 bits per heavy atom. The Kier molecular flexibility index (Phi) is 6.03. The van der Waals surface area contributed by atoms with Crippen LogP contribution in [0.25, 0.3) is 0 Å². The second kappa shape index (κ2) is 8.94. The zero-order chi connectivity index (χ0) is 22.2. The Bertz CT molecular complexity index is 1030. The fraction of sp³-hybridized carbons (Fsp3) is 0.391. The summed E-state index contributed by atoms with van der Waals surface area (Å²) in [6.45, 7) is 3.97. The van der Waals surface area contributed by atoms with Crippen molar-refractivity contribution in [2.45, 2.75) is 18.0 Å². The molecule has 5 rings (SSSR count). The Balaban J connectivity index is 1.42. The van der Waals surface area contributed by atoms with E-state index in [4.69, 9.17) is 21.1 Å². The zero-order valence-electron chi connectivity index (χ0n) is 17.7. The summed E-state index contributed by atoms with van der Waals surface area (Å²) in [6, 6.07) is 12.1. The number of amides is 3. The van der Waals surface area contributed by atoms with Crippen molar-refractivity contribution >= 4 is 41.0 Å². The highest BCUT2D eigenvalue weighted by Crippen LogP contribution is 2.46. The summed E-state index contributed by atoms with van der Waals surface area (Å²) < 4.78 is 11.1. The fourth-order valence-electron chi connectivity index (χ4n) is 4.45. The molecule has 0 bridgehead atoms. The molecule has 9 heteroatoms. The number of nitrogens with zero attached hydrogens (tertiary/aromatic N) is 3. The molecule has 3 aliphatic heterocycles. The minimum atomic E-state index is -0.460. The number of urea groups is 1. The fourth-order valence-corrected chi connectivity index (χ4v) is 5.98. The first-order valence-electron chi connectivity index (χ1n) is 10.6. The summed E-state index contributed by atoms with van der Waals surface area (Å²) in [5.74, 6) is 1.21. The van der Waals surface area contributed by atoms with Gasteiger partial charge in [0.05, 0.1) is 26.0 Å². The van der Waals surface area contributed by atoms with Gasteiger partial charge in [-0.05, 0) is 42.0 Å². The maximum Gasteiger partial charge on any atom is 0.333 e. The number of ether oxygens (including phenoxy) is 2. The molecule has 7 nitrogen and oxygen atoms in total. The zero-order valence-corrected chi connectivity index (χ0v) is 19.3. The van der Waals surface area contributed by atoms with Crippen LogP contribution < -0.4 is 9.64 Å². The van der Waals surface area contributed by atoms with Crippen LogP contribution in [0, 0.1) is 0 Å². The third-order valence-corrected chi connectivity index (χ3v) is 7.67. The molecule has 0 radical (unpaired) electrons. The molecule has 0 saturated carbocycles. The van der Waals surface area contributed by atoms with Crippen molar-refractivity contribution in [1.29, 1.82) is 0 Å². The van der Waals surface area contributed by atoms with Gasteiger partial charge in [0.15, 0.2) is 0 Å². The first-order valence-corrected chi connectivity index (χ1v) is 12.0. The lowest BCUT2D eigenvalue weighted by Gasteiger charge is -2.28. The monoisotopic (exact) mass is 473 g/mol. The smallest absolute Gasteiger partial charge is 0.333 e. The minimum absolute atomic E-state index is 0.186. The lowest BCUT2D eigenvalue weighted by atomic mass is 10.1. The van der Waals surface area contributed by atoms with Crippen molar-refractivity contribution in [2.75, 3.05) is 44.1 Å². The van der Waals surface area contributed by atoms with Gasteiger partial charge in [-0.15, -0.1) is 11.8 Å². The van der Waals surface area contributed by atoms with Crippen LogP contribution in [0.1, 0.15) is 16.5 Å². The number of carbonyl (C=O) groups is 2. The number of fused-ring (bicyclic) bond motifs is 1. The van der Waals surface area contributed by atoms with Gasteiger partial charge >= 0.3 is 6.03 Å². The maximum absolute atomic E-state index is 13.3. The molecule has 168 valence electrons. The van der Waals surface area contributed by atoms with Crippen molar-refractivity contribution in [2.24, 2.45) is 0 Å². The highest BCUT2D eigenvalue weighted by atomic mass is 35.5. The van der Waals surface area contributed by atoms with Crippen LogP contribution >= 0.6 is 23.4 Å². The standard InChI is InChI=1S/C23H24ClN3O4S/c1-30-20-7-2-15(12-16(20)13-25-8-10-31-11-9-25)22-27-19(14-32-22)21(28)26(23(27)29)18-5-3-17(24)4-6-18/h2-7,12,19,22H,8-11,13-14H2,1H3/t19-,22+/m0/s1. The molecule has 2 aromatic carbocycles. The van der Waals surface area contributed by atoms with E-state index in [0.717, 1.165) is 49.7 Å². The molecule has 2 atom stereocenters. The van der Waals surface area contributed by atoms with Gasteiger partial charge in [0.1, 0.15) is 17.2 Å². The summed E-state index contributed by atoms with van der Waals surface area (Å²) >= 11 is 7.60. The molecule has 3 aliphatic rings. The van der Waals surface area contributed by atoms with Gasteiger partial charge in [0, 0.05) is 36.0 Å². The van der Waals surface area contributed by atoms with Crippen molar-refractivity contribution in [1.82, 2.24) is 9.80 Å². The Labute approximate surface area is 196 Å². The molecule has 0 N–H and O–H groups in total. The average Bonchev–Trinajstić information content (AvgIpc) is 3.35. The molecule has 3 amide bonds. The SMILES string of the molecule is COc1ccc([C@H]2SC[C@H]3C(=O)N(c4ccc(Cl)cc4)C(=O)N23)cc1CN1CCOCC1. The molecule has 3 saturated heterocycles. The number of rotatable bonds is 5. The molecular weight excluding hydrogens is 450 g/mol. The molecule has 3 heterocycles. The predicted octanol–water partition coefficient (Wildman–Crippen LogP) is 3.76. The van der Waals surface area contributed by atoms with Gasteiger partial charge < -0.3 is 9.47 Å². The Morgan fingerprint density at radius 1 is 1.12 bits per heavy atom. The van der Waals surface area contributed by atoms with Gasteiger partial charge in [0.25, 0.3) is 5.91 Å². The molecule has 0 aromatic heterocycles. The van der Waals surface area contributed by atoms with Crippen LogP contribution in [0.3, 0.4) is 0 Å². The molecule has 3 fully saturated rings. The quantitative estimate of drug-likeness (QED) is 0.616. The Morgan fingerprint density at radius 2 is 1.88 bits per heavy atom. The van der Waals surface area contributed by atoms with E-state index in [1.54, 1.807) is 48.0 Å². The van der Waals surface area contributed by atoms with E-state index < -0.39 is 6.04 Å². The predicted molar refractivity (Wildman–Crippen MR) is 124 cm³/mol. The summed E-state index contributed by atoms with van der Waals surface area (Å²) in [4.78, 5) is 31.7. The van der Waals surface area contributed by atoms with Crippen LogP contribution in [0.4, 0.5) is 10.5 Å². The van der Waals surface area contributed by atoms with Crippen LogP contribution in [0.15, 0.2) is 42.5 Å². The highest BCUT2D eigenvalue weighted by Gasteiger charge is 2.53. The van der Waals surface area contributed by atoms with E-state index in [-0.39, 0.29) is 17.3 Å². The van der Waals surface area contributed by atoms with Crippen LogP contribution in [-0.2, 0) is 16.1 Å². The molecule has 32 heavy (non-hydrogen) atoms. The van der Waals surface area contributed by atoms with Gasteiger partial charge in [0.2, 0.25) is 0 Å². The lowest BCUT2D eigenvalue weighted by Crippen LogP contribution is -2.36. The normalized spacial score (nSPS) is 23.7. The van der Waals surface area contributed by atoms with Crippen molar-refractivity contribution < 1.29 is 19.1 Å². The van der Waals surface area contributed by atoms with Gasteiger partial charge in [-0.25, -0.2) is 9.69 Å². The number of carbonyl (C=O) groups excluding carboxylic acids is 2. The van der Waals surface area contributed by atoms with E-state index in [1.165, 1.54) is 4.90 Å². The molecule has 2 aromatic rings. The van der Waals surface area contributed by atoms with E-state index >= 15 is 0 Å². The van der Waals surface area contributed by atoms with E-state index in [0.29, 0.717) is 16.5 Å². The number of hydrogen-bond acceptors (Lipinski definition) is 6. The average molecular weight is 474 g/mol. The van der Waals surface area contributed by atoms with Crippen molar-refractivity contribution in [3.8, 4) is 5.75 Å². The van der Waals surface area contributed by atoms with Crippen LogP contribution in [-0.4, -0.2) is 66.9 Å². The minimum Gasteiger partial charge on any atom is -0.496 e. The van der Waals surface area contributed by atoms with Gasteiger partial charge in [-0.2, -0.15) is 0 Å². The summed E-state index contributed by atoms with van der Waals surface area (Å²) in [5.41, 5.74) is 2.62. The number of benzene rings is 2. The maximum atomic E-state index is 13.3. The summed E-state index contributed by atoms with van der Waals surface area (Å²) in [7, 11) is 1.67. The third kappa shape index (κ3) is 3.85. The summed E-state index contributed by atoms with van der Waals surface area (Å²) in [6.07, 6.45) is 0. The van der Waals surface area contributed by atoms with E-state index in [1.807, 2.05) is 12.1 Å². The van der Waals surface area contributed by atoms with E-state index in [9.17, 15) is 9.59 Å². The number of halogens is 1. The molecular formula is C23H24ClN3O4S. The summed E-state index contributed by atoms with van der Waals surface area (Å²) in [5, 5.41) is 0.343. The second-order valence-electron chi connectivity index (χ2n) is 8.00. The number of anilines is 1. The van der Waals surface area contributed by atoms with Gasteiger partial charge in [-0.3, -0.25) is 14.6 Å². The number of morpholine rings is 1. The Hall–Kier alpha value is -2.26. The number of thioether (sulfide) groups is 1. The topological polar surface area (TPSA) is 62.3 Å². The van der Waals surface area contributed by atoms with E-state index in [2.05, 4.69) is 11.0 Å². The first kappa shape index (κ1) is 21.6. The highest BCUT2D eigenvalue weighted by molar-refractivity contribution is 7.99. The van der Waals surface area contributed by atoms with Crippen LogP contribution in [0.2, 0.25) is 5.02 Å². The third-order valence-electron chi connectivity index (χ3n) is 6.09.